The summed E-state index contributed by atoms with van der Waals surface area (Å²) in [6.45, 7) is 0.197. The monoisotopic (exact) mass is 551 g/mol. The molecular weight excluding hydrogens is 529 g/mol. The highest BCUT2D eigenvalue weighted by atomic mass is 35.5. The van der Waals surface area contributed by atoms with Gasteiger partial charge in [-0.3, -0.25) is 9.59 Å². The van der Waals surface area contributed by atoms with E-state index in [4.69, 9.17) is 26.3 Å². The molecule has 5 rings (SSSR count). The molecule has 0 bridgehead atoms. The van der Waals surface area contributed by atoms with Gasteiger partial charge in [-0.1, -0.05) is 35.0 Å². The first-order valence-corrected chi connectivity index (χ1v) is 12.4. The topological polar surface area (TPSA) is 118 Å². The van der Waals surface area contributed by atoms with Gasteiger partial charge in [0.25, 0.3) is 11.8 Å². The van der Waals surface area contributed by atoms with Crippen molar-refractivity contribution in [3.63, 3.8) is 0 Å². The Balaban J connectivity index is 1.42. The molecule has 3 aromatic rings. The molecule has 3 aromatic carbocycles. The maximum atomic E-state index is 14.6. The van der Waals surface area contributed by atoms with Crippen molar-refractivity contribution >= 4 is 40.8 Å². The minimum atomic E-state index is -1.09. The van der Waals surface area contributed by atoms with Gasteiger partial charge in [-0.15, -0.1) is 0 Å². The van der Waals surface area contributed by atoms with Gasteiger partial charge in [-0.2, -0.15) is 0 Å². The number of hydrogen-bond acceptors (Lipinski definition) is 6. The second-order valence-electron chi connectivity index (χ2n) is 9.02. The lowest BCUT2D eigenvalue weighted by Crippen LogP contribution is -2.49. The first kappa shape index (κ1) is 26.2. The second kappa shape index (κ2) is 10.7. The summed E-state index contributed by atoms with van der Waals surface area (Å²) in [5, 5.41) is 15.8. The molecule has 11 heteroatoms. The molecule has 2 heterocycles. The summed E-state index contributed by atoms with van der Waals surface area (Å²) >= 11 is 5.90. The van der Waals surface area contributed by atoms with Crippen molar-refractivity contribution in [2.24, 2.45) is 5.16 Å². The maximum absolute atomic E-state index is 14.6. The Morgan fingerprint density at radius 2 is 1.87 bits per heavy atom. The van der Waals surface area contributed by atoms with Crippen LogP contribution in [-0.4, -0.2) is 53.3 Å². The smallest absolute Gasteiger partial charge is 0.335 e. The van der Waals surface area contributed by atoms with Gasteiger partial charge in [0.15, 0.2) is 5.82 Å². The summed E-state index contributed by atoms with van der Waals surface area (Å²) < 4.78 is 20.1. The van der Waals surface area contributed by atoms with Crippen LogP contribution in [0, 0.1) is 5.82 Å². The van der Waals surface area contributed by atoms with Crippen molar-refractivity contribution in [3.05, 3.63) is 93.8 Å². The van der Waals surface area contributed by atoms with Crippen LogP contribution in [0.3, 0.4) is 0 Å². The number of benzene rings is 3. The number of carboxylic acids is 1. The highest BCUT2D eigenvalue weighted by Crippen LogP contribution is 2.37. The lowest BCUT2D eigenvalue weighted by Gasteiger charge is -2.37. The van der Waals surface area contributed by atoms with E-state index in [0.29, 0.717) is 23.4 Å². The van der Waals surface area contributed by atoms with Gasteiger partial charge in [-0.25, -0.2) is 9.18 Å². The zero-order chi connectivity index (χ0) is 27.7. The van der Waals surface area contributed by atoms with Crippen LogP contribution in [0.25, 0.3) is 0 Å². The first-order chi connectivity index (χ1) is 18.8. The third kappa shape index (κ3) is 5.03. The minimum absolute atomic E-state index is 0.00253. The van der Waals surface area contributed by atoms with E-state index in [1.165, 1.54) is 48.4 Å². The van der Waals surface area contributed by atoms with E-state index in [9.17, 15) is 18.8 Å². The van der Waals surface area contributed by atoms with Crippen LogP contribution in [0.15, 0.2) is 65.8 Å². The molecule has 0 aromatic heterocycles. The quantitative estimate of drug-likeness (QED) is 0.467. The first-order valence-electron chi connectivity index (χ1n) is 12.1. The number of ether oxygens (including phenoxy) is 1. The lowest BCUT2D eigenvalue weighted by atomic mass is 9.90. The van der Waals surface area contributed by atoms with Gasteiger partial charge >= 0.3 is 5.97 Å². The van der Waals surface area contributed by atoms with Crippen molar-refractivity contribution < 1.29 is 33.5 Å². The molecule has 2 aliphatic heterocycles. The third-order valence-corrected chi connectivity index (χ3v) is 7.03. The fourth-order valence-corrected chi connectivity index (χ4v) is 5.01. The van der Waals surface area contributed by atoms with Gasteiger partial charge in [-0.05, 0) is 54.4 Å². The third-order valence-electron chi connectivity index (χ3n) is 6.74. The highest BCUT2D eigenvalue weighted by Gasteiger charge is 2.42. The predicted octanol–water partition coefficient (Wildman–Crippen LogP) is 4.44. The number of nitrogens with one attached hydrogen (secondary N) is 1. The molecule has 2 atom stereocenters. The SMILES string of the molecule is COc1cccc2c1CCN(C(=O)C1CC(c3cccc(Cl)c3F)=NO1)[C@H]2C(=O)Nc1ccc(C(=O)O)cc1. The molecule has 2 amide bonds. The van der Waals surface area contributed by atoms with Crippen molar-refractivity contribution in [1.29, 1.82) is 0 Å². The van der Waals surface area contributed by atoms with Crippen molar-refractivity contribution in [3.8, 4) is 5.75 Å². The van der Waals surface area contributed by atoms with E-state index >= 15 is 0 Å². The number of oxime groups is 1. The maximum Gasteiger partial charge on any atom is 0.335 e. The molecule has 200 valence electrons. The van der Waals surface area contributed by atoms with Crippen LogP contribution in [-0.2, 0) is 20.8 Å². The molecule has 0 fully saturated rings. The van der Waals surface area contributed by atoms with E-state index in [-0.39, 0.29) is 34.8 Å². The number of carbonyl (C=O) groups is 3. The van der Waals surface area contributed by atoms with E-state index in [1.807, 2.05) is 0 Å². The van der Waals surface area contributed by atoms with Crippen molar-refractivity contribution in [1.82, 2.24) is 4.90 Å². The molecule has 0 saturated carbocycles. The summed E-state index contributed by atoms with van der Waals surface area (Å²) in [5.74, 6) is -2.12. The summed E-state index contributed by atoms with van der Waals surface area (Å²) in [5.41, 5.74) is 2.22. The van der Waals surface area contributed by atoms with Crippen LogP contribution >= 0.6 is 11.6 Å². The summed E-state index contributed by atoms with van der Waals surface area (Å²) in [6, 6.07) is 14.4. The molecule has 0 spiro atoms. The highest BCUT2D eigenvalue weighted by molar-refractivity contribution is 6.31. The Labute approximate surface area is 227 Å². The number of hydrogen-bond donors (Lipinski definition) is 2. The number of methoxy groups -OCH3 is 1. The van der Waals surface area contributed by atoms with E-state index < -0.39 is 35.7 Å². The summed E-state index contributed by atoms with van der Waals surface area (Å²) in [4.78, 5) is 45.4. The lowest BCUT2D eigenvalue weighted by molar-refractivity contribution is -0.148. The molecule has 9 nitrogen and oxygen atoms in total. The van der Waals surface area contributed by atoms with Crippen LogP contribution < -0.4 is 10.1 Å². The number of nitrogens with zero attached hydrogens (tertiary/aromatic N) is 2. The fourth-order valence-electron chi connectivity index (χ4n) is 4.83. The Kier molecular flexibility index (Phi) is 7.21. The van der Waals surface area contributed by atoms with Gasteiger partial charge in [0.2, 0.25) is 6.10 Å². The Morgan fingerprint density at radius 1 is 1.13 bits per heavy atom. The summed E-state index contributed by atoms with van der Waals surface area (Å²) in [6.07, 6.45) is -0.621. The average Bonchev–Trinajstić information content (AvgIpc) is 3.43. The molecule has 39 heavy (non-hydrogen) atoms. The van der Waals surface area contributed by atoms with Crippen LogP contribution in [0.2, 0.25) is 5.02 Å². The standard InChI is InChI=1S/C28H23ClFN3O6/c1-38-22-7-3-4-18-17(22)12-13-33(25(18)26(34)31-16-10-8-15(9-11-16)28(36)37)27(35)23-14-21(32-39-23)19-5-2-6-20(29)24(19)30/h2-11,23,25H,12-14H2,1H3,(H,31,34)(H,36,37)/t23?,25-/m1/s1. The Morgan fingerprint density at radius 3 is 2.59 bits per heavy atom. The molecule has 0 saturated heterocycles. The zero-order valence-corrected chi connectivity index (χ0v) is 21.4. The van der Waals surface area contributed by atoms with Gasteiger partial charge in [0.05, 0.1) is 23.4 Å². The number of halogens is 2. The number of fused-ring (bicyclic) bond motifs is 1. The van der Waals surface area contributed by atoms with Gasteiger partial charge < -0.3 is 24.9 Å². The van der Waals surface area contributed by atoms with Crippen LogP contribution in [0.1, 0.15) is 39.5 Å². The second-order valence-corrected chi connectivity index (χ2v) is 9.43. The number of carboxylic acid groups (broad SMARTS) is 1. The van der Waals surface area contributed by atoms with Crippen molar-refractivity contribution in [2.45, 2.75) is 25.0 Å². The largest absolute Gasteiger partial charge is 0.496 e. The van der Waals surface area contributed by atoms with Gasteiger partial charge in [0, 0.05) is 29.8 Å². The van der Waals surface area contributed by atoms with E-state index in [1.54, 1.807) is 24.3 Å². The molecule has 0 aliphatic carbocycles. The molecular formula is C28H23ClFN3O6. The number of anilines is 1. The number of carbonyl (C=O) groups excluding carboxylic acids is 2. The van der Waals surface area contributed by atoms with Crippen LogP contribution in [0.4, 0.5) is 10.1 Å². The van der Waals surface area contributed by atoms with Gasteiger partial charge in [0.1, 0.15) is 11.8 Å². The predicted molar refractivity (Wildman–Crippen MR) is 141 cm³/mol. The minimum Gasteiger partial charge on any atom is -0.496 e. The normalized spacial score (nSPS) is 18.0. The van der Waals surface area contributed by atoms with Crippen molar-refractivity contribution in [2.75, 3.05) is 19.0 Å². The Hall–Kier alpha value is -4.44. The average molecular weight is 552 g/mol. The number of aromatic carboxylic acids is 1. The zero-order valence-electron chi connectivity index (χ0n) is 20.7. The molecule has 0 radical (unpaired) electrons. The molecule has 2 aliphatic rings. The van der Waals surface area contributed by atoms with Crippen LogP contribution in [0.5, 0.6) is 5.75 Å². The molecule has 1 unspecified atom stereocenters. The fraction of sp³-hybridized carbons (Fsp3) is 0.214. The Bertz CT molecular complexity index is 1490. The molecule has 2 N–H and O–H groups in total. The van der Waals surface area contributed by atoms with E-state index in [2.05, 4.69) is 10.5 Å². The number of amides is 2. The summed E-state index contributed by atoms with van der Waals surface area (Å²) in [7, 11) is 1.53. The van der Waals surface area contributed by atoms with E-state index in [0.717, 1.165) is 5.56 Å². The number of rotatable bonds is 6.